The van der Waals surface area contributed by atoms with Crippen LogP contribution in [0.15, 0.2) is 0 Å². The molecule has 1 fully saturated rings. The molecule has 1 aliphatic rings. The standard InChI is InChI=1S/C17H35N/c1-6-11-18-16(13-17(3,4)5)15-10-8-9-14(7-2)12-15/h14-16,18H,6-13H2,1-5H3. The van der Waals surface area contributed by atoms with Gasteiger partial charge in [0.05, 0.1) is 0 Å². The Hall–Kier alpha value is -0.0400. The van der Waals surface area contributed by atoms with Crippen LogP contribution in [0.1, 0.15) is 79.6 Å². The second kappa shape index (κ2) is 7.53. The summed E-state index contributed by atoms with van der Waals surface area (Å²) in [6.07, 6.45) is 9.81. The maximum absolute atomic E-state index is 3.84. The first-order chi connectivity index (χ1) is 8.46. The molecular formula is C17H35N. The van der Waals surface area contributed by atoms with Gasteiger partial charge in [0, 0.05) is 6.04 Å². The molecule has 3 atom stereocenters. The number of hydrogen-bond donors (Lipinski definition) is 1. The minimum absolute atomic E-state index is 0.449. The van der Waals surface area contributed by atoms with Crippen molar-refractivity contribution in [1.82, 2.24) is 5.32 Å². The van der Waals surface area contributed by atoms with E-state index in [4.69, 9.17) is 0 Å². The van der Waals surface area contributed by atoms with Gasteiger partial charge in [-0.15, -0.1) is 0 Å². The first-order valence-corrected chi connectivity index (χ1v) is 8.19. The number of rotatable bonds is 6. The maximum atomic E-state index is 3.84. The monoisotopic (exact) mass is 253 g/mol. The Kier molecular flexibility index (Phi) is 6.70. The molecule has 0 aromatic heterocycles. The molecule has 1 saturated carbocycles. The molecule has 1 heteroatoms. The zero-order valence-electron chi connectivity index (χ0n) is 13.4. The van der Waals surface area contributed by atoms with Crippen molar-refractivity contribution in [1.29, 1.82) is 0 Å². The molecule has 0 bridgehead atoms. The van der Waals surface area contributed by atoms with Crippen LogP contribution in [0, 0.1) is 17.3 Å². The molecule has 0 heterocycles. The third kappa shape index (κ3) is 5.73. The smallest absolute Gasteiger partial charge is 0.0100 e. The van der Waals surface area contributed by atoms with E-state index in [9.17, 15) is 0 Å². The second-order valence-corrected chi connectivity index (χ2v) is 7.53. The van der Waals surface area contributed by atoms with E-state index >= 15 is 0 Å². The molecule has 0 aliphatic heterocycles. The van der Waals surface area contributed by atoms with Crippen molar-refractivity contribution in [2.75, 3.05) is 6.54 Å². The third-order valence-corrected chi connectivity index (χ3v) is 4.46. The highest BCUT2D eigenvalue weighted by molar-refractivity contribution is 4.85. The Morgan fingerprint density at radius 3 is 2.44 bits per heavy atom. The molecule has 3 unspecified atom stereocenters. The summed E-state index contributed by atoms with van der Waals surface area (Å²) in [4.78, 5) is 0. The van der Waals surface area contributed by atoms with E-state index < -0.39 is 0 Å². The van der Waals surface area contributed by atoms with Crippen LogP contribution in [-0.4, -0.2) is 12.6 Å². The summed E-state index contributed by atoms with van der Waals surface area (Å²) in [5.41, 5.74) is 0.449. The predicted molar refractivity (Wildman–Crippen MR) is 81.9 cm³/mol. The van der Waals surface area contributed by atoms with Crippen LogP contribution >= 0.6 is 0 Å². The van der Waals surface area contributed by atoms with Crippen LogP contribution in [0.5, 0.6) is 0 Å². The summed E-state index contributed by atoms with van der Waals surface area (Å²) in [5, 5.41) is 3.84. The summed E-state index contributed by atoms with van der Waals surface area (Å²) in [6, 6.07) is 0.749. The summed E-state index contributed by atoms with van der Waals surface area (Å²) >= 11 is 0. The zero-order chi connectivity index (χ0) is 13.6. The fourth-order valence-electron chi connectivity index (χ4n) is 3.46. The molecule has 0 aromatic carbocycles. The fourth-order valence-corrected chi connectivity index (χ4v) is 3.46. The molecule has 18 heavy (non-hydrogen) atoms. The van der Waals surface area contributed by atoms with Crippen molar-refractivity contribution in [3.63, 3.8) is 0 Å². The van der Waals surface area contributed by atoms with E-state index in [1.165, 1.54) is 51.5 Å². The van der Waals surface area contributed by atoms with Crippen LogP contribution in [0.3, 0.4) is 0 Å². The molecular weight excluding hydrogens is 218 g/mol. The SMILES string of the molecule is CCCNC(CC(C)(C)C)C1CCCC(CC)C1. The summed E-state index contributed by atoms with van der Waals surface area (Å²) in [6.45, 7) is 13.0. The minimum Gasteiger partial charge on any atom is -0.314 e. The van der Waals surface area contributed by atoms with Crippen molar-refractivity contribution < 1.29 is 0 Å². The summed E-state index contributed by atoms with van der Waals surface area (Å²) in [7, 11) is 0. The van der Waals surface area contributed by atoms with Crippen molar-refractivity contribution in [2.45, 2.75) is 85.6 Å². The van der Waals surface area contributed by atoms with Crippen LogP contribution < -0.4 is 5.32 Å². The van der Waals surface area contributed by atoms with Gasteiger partial charge >= 0.3 is 0 Å². The molecule has 0 radical (unpaired) electrons. The van der Waals surface area contributed by atoms with Gasteiger partial charge < -0.3 is 5.32 Å². The molecule has 0 saturated heterocycles. The van der Waals surface area contributed by atoms with Gasteiger partial charge in [0.2, 0.25) is 0 Å². The molecule has 0 spiro atoms. The van der Waals surface area contributed by atoms with Crippen LogP contribution in [0.25, 0.3) is 0 Å². The summed E-state index contributed by atoms with van der Waals surface area (Å²) in [5.74, 6) is 1.92. The Morgan fingerprint density at radius 2 is 1.89 bits per heavy atom. The average molecular weight is 253 g/mol. The first kappa shape index (κ1) is 16.0. The quantitative estimate of drug-likeness (QED) is 0.702. The van der Waals surface area contributed by atoms with Gasteiger partial charge in [0.1, 0.15) is 0 Å². The van der Waals surface area contributed by atoms with Gasteiger partial charge in [-0.3, -0.25) is 0 Å². The molecule has 1 nitrogen and oxygen atoms in total. The van der Waals surface area contributed by atoms with Crippen LogP contribution in [-0.2, 0) is 0 Å². The Bertz CT molecular complexity index is 216. The molecule has 0 aromatic rings. The lowest BCUT2D eigenvalue weighted by Crippen LogP contribution is -2.41. The van der Waals surface area contributed by atoms with Gasteiger partial charge in [-0.25, -0.2) is 0 Å². The summed E-state index contributed by atoms with van der Waals surface area (Å²) < 4.78 is 0. The molecule has 108 valence electrons. The van der Waals surface area contributed by atoms with Crippen LogP contribution in [0.2, 0.25) is 0 Å². The Labute approximate surface area is 115 Å². The van der Waals surface area contributed by atoms with Gasteiger partial charge in [0.25, 0.3) is 0 Å². The van der Waals surface area contributed by atoms with Gasteiger partial charge in [-0.2, -0.15) is 0 Å². The predicted octanol–water partition coefficient (Wildman–Crippen LogP) is 5.01. The fraction of sp³-hybridized carbons (Fsp3) is 1.00. The van der Waals surface area contributed by atoms with Crippen molar-refractivity contribution in [3.05, 3.63) is 0 Å². The molecule has 0 amide bonds. The lowest BCUT2D eigenvalue weighted by molar-refractivity contribution is 0.171. The molecule has 1 aliphatic carbocycles. The van der Waals surface area contributed by atoms with Gasteiger partial charge in [0.15, 0.2) is 0 Å². The minimum atomic E-state index is 0.449. The lowest BCUT2D eigenvalue weighted by atomic mass is 9.73. The van der Waals surface area contributed by atoms with Crippen molar-refractivity contribution >= 4 is 0 Å². The normalized spacial score (nSPS) is 27.2. The van der Waals surface area contributed by atoms with Crippen molar-refractivity contribution in [3.8, 4) is 0 Å². The van der Waals surface area contributed by atoms with Gasteiger partial charge in [-0.1, -0.05) is 53.9 Å². The van der Waals surface area contributed by atoms with E-state index in [0.717, 1.165) is 17.9 Å². The van der Waals surface area contributed by atoms with Crippen LogP contribution in [0.4, 0.5) is 0 Å². The van der Waals surface area contributed by atoms with E-state index in [-0.39, 0.29) is 0 Å². The number of hydrogen-bond acceptors (Lipinski definition) is 1. The topological polar surface area (TPSA) is 12.0 Å². The largest absolute Gasteiger partial charge is 0.314 e. The lowest BCUT2D eigenvalue weighted by Gasteiger charge is -2.38. The Balaban J connectivity index is 2.57. The second-order valence-electron chi connectivity index (χ2n) is 7.53. The maximum Gasteiger partial charge on any atom is 0.0100 e. The van der Waals surface area contributed by atoms with E-state index in [1.54, 1.807) is 0 Å². The van der Waals surface area contributed by atoms with Crippen molar-refractivity contribution in [2.24, 2.45) is 17.3 Å². The average Bonchev–Trinajstić information content (AvgIpc) is 2.33. The molecule has 1 rings (SSSR count). The highest BCUT2D eigenvalue weighted by atomic mass is 14.9. The molecule has 1 N–H and O–H groups in total. The highest BCUT2D eigenvalue weighted by Gasteiger charge is 2.30. The first-order valence-electron chi connectivity index (χ1n) is 8.19. The Morgan fingerprint density at radius 1 is 1.17 bits per heavy atom. The zero-order valence-corrected chi connectivity index (χ0v) is 13.4. The van der Waals surface area contributed by atoms with E-state index in [2.05, 4.69) is 39.9 Å². The third-order valence-electron chi connectivity index (χ3n) is 4.46. The van der Waals surface area contributed by atoms with E-state index in [1.807, 2.05) is 0 Å². The number of nitrogens with one attached hydrogen (secondary N) is 1. The van der Waals surface area contributed by atoms with E-state index in [0.29, 0.717) is 5.41 Å². The van der Waals surface area contributed by atoms with Gasteiger partial charge in [-0.05, 0) is 49.5 Å². The highest BCUT2D eigenvalue weighted by Crippen LogP contribution is 2.36.